The van der Waals surface area contributed by atoms with Gasteiger partial charge in [0.2, 0.25) is 0 Å². The van der Waals surface area contributed by atoms with Gasteiger partial charge in [0.25, 0.3) is 5.56 Å². The summed E-state index contributed by atoms with van der Waals surface area (Å²) in [6.45, 7) is 0.273. The maximum atomic E-state index is 12.8. The quantitative estimate of drug-likeness (QED) is 0.463. The van der Waals surface area contributed by atoms with Crippen molar-refractivity contribution in [2.75, 3.05) is 14.2 Å². The van der Waals surface area contributed by atoms with Gasteiger partial charge >= 0.3 is 5.97 Å². The fourth-order valence-corrected chi connectivity index (χ4v) is 3.59. The molecule has 0 aliphatic rings. The van der Waals surface area contributed by atoms with Gasteiger partial charge in [0.1, 0.15) is 10.8 Å². The number of hydrogen-bond donors (Lipinski definition) is 0. The normalized spacial score (nSPS) is 11.0. The van der Waals surface area contributed by atoms with E-state index in [0.717, 1.165) is 22.4 Å². The van der Waals surface area contributed by atoms with Crippen LogP contribution in [0.3, 0.4) is 0 Å². The van der Waals surface area contributed by atoms with Crippen LogP contribution in [0.15, 0.2) is 59.4 Å². The van der Waals surface area contributed by atoms with E-state index in [-0.39, 0.29) is 29.5 Å². The van der Waals surface area contributed by atoms with Gasteiger partial charge in [-0.15, -0.1) is 0 Å². The zero-order valence-electron chi connectivity index (χ0n) is 17.1. The van der Waals surface area contributed by atoms with Gasteiger partial charge in [0.05, 0.1) is 37.9 Å². The molecule has 1 heterocycles. The van der Waals surface area contributed by atoms with Crippen molar-refractivity contribution in [1.82, 2.24) is 4.57 Å². The van der Waals surface area contributed by atoms with Crippen LogP contribution in [0, 0.1) is 0 Å². The molecule has 0 unspecified atom stereocenters. The third-order valence-electron chi connectivity index (χ3n) is 4.71. The highest BCUT2D eigenvalue weighted by molar-refractivity contribution is 6.35. The first-order valence-corrected chi connectivity index (χ1v) is 10.2. The Hall–Kier alpha value is -3.02. The van der Waals surface area contributed by atoms with Crippen LogP contribution in [0.2, 0.25) is 10.0 Å². The van der Waals surface area contributed by atoms with Crippen molar-refractivity contribution in [1.29, 1.82) is 0 Å². The lowest BCUT2D eigenvalue weighted by atomic mass is 10.1. The van der Waals surface area contributed by atoms with Crippen molar-refractivity contribution in [3.05, 3.63) is 97.4 Å². The molecule has 0 fully saturated rings. The minimum Gasteiger partial charge on any atom is -0.497 e. The Bertz CT molecular complexity index is 1170. The molecule has 0 saturated carbocycles. The summed E-state index contributed by atoms with van der Waals surface area (Å²) in [5.41, 5.74) is 2.79. The van der Waals surface area contributed by atoms with Gasteiger partial charge in [-0.1, -0.05) is 65.7 Å². The van der Waals surface area contributed by atoms with Crippen molar-refractivity contribution >= 4 is 41.3 Å². The molecule has 31 heavy (non-hydrogen) atoms. The smallest absolute Gasteiger partial charge is 0.309 e. The number of pyridine rings is 1. The lowest BCUT2D eigenvalue weighted by molar-refractivity contribution is -0.139. The number of carbonyl (C=O) groups excluding carboxylic acids is 1. The van der Waals surface area contributed by atoms with Crippen LogP contribution in [-0.4, -0.2) is 24.8 Å². The second-order valence-electron chi connectivity index (χ2n) is 6.80. The van der Waals surface area contributed by atoms with Crippen LogP contribution in [-0.2, 0) is 22.5 Å². The van der Waals surface area contributed by atoms with Crippen molar-refractivity contribution in [3.8, 4) is 5.75 Å². The van der Waals surface area contributed by atoms with Crippen molar-refractivity contribution < 1.29 is 14.3 Å². The van der Waals surface area contributed by atoms with Gasteiger partial charge in [0, 0.05) is 0 Å². The van der Waals surface area contributed by atoms with Gasteiger partial charge < -0.3 is 14.0 Å². The Balaban J connectivity index is 1.93. The Morgan fingerprint density at radius 3 is 2.35 bits per heavy atom. The third-order valence-corrected chi connectivity index (χ3v) is 5.28. The molecular formula is C24H21Cl2NO4. The second-order valence-corrected chi connectivity index (χ2v) is 7.61. The number of ether oxygens (including phenoxy) is 2. The fraction of sp³-hybridized carbons (Fsp3) is 0.167. The lowest BCUT2D eigenvalue weighted by Crippen LogP contribution is -2.23. The third kappa shape index (κ3) is 5.78. The van der Waals surface area contributed by atoms with E-state index in [2.05, 4.69) is 4.74 Å². The number of halogens is 2. The molecular weight excluding hydrogens is 437 g/mol. The Morgan fingerprint density at radius 1 is 0.968 bits per heavy atom. The summed E-state index contributed by atoms with van der Waals surface area (Å²) in [6.07, 6.45) is 3.82. The molecule has 3 rings (SSSR count). The summed E-state index contributed by atoms with van der Waals surface area (Å²) in [5, 5.41) is 0.414. The van der Waals surface area contributed by atoms with E-state index in [1.807, 2.05) is 54.6 Å². The summed E-state index contributed by atoms with van der Waals surface area (Å²) >= 11 is 12.5. The first-order valence-electron chi connectivity index (χ1n) is 9.47. The van der Waals surface area contributed by atoms with Crippen LogP contribution in [0.5, 0.6) is 5.75 Å². The molecule has 160 valence electrons. The first-order chi connectivity index (χ1) is 14.9. The molecule has 0 bridgehead atoms. The Kier molecular flexibility index (Phi) is 7.55. The number of nitrogens with zero attached hydrogens (tertiary/aromatic N) is 1. The second kappa shape index (κ2) is 10.3. The van der Waals surface area contributed by atoms with E-state index in [4.69, 9.17) is 27.9 Å². The molecule has 0 radical (unpaired) electrons. The zero-order chi connectivity index (χ0) is 22.4. The number of methoxy groups -OCH3 is 2. The molecule has 3 aromatic rings. The van der Waals surface area contributed by atoms with Gasteiger partial charge in [0.15, 0.2) is 0 Å². The molecule has 0 amide bonds. The van der Waals surface area contributed by atoms with Crippen molar-refractivity contribution in [3.63, 3.8) is 0 Å². The van der Waals surface area contributed by atoms with E-state index in [0.29, 0.717) is 10.7 Å². The number of aromatic nitrogens is 1. The van der Waals surface area contributed by atoms with E-state index < -0.39 is 0 Å². The maximum Gasteiger partial charge on any atom is 0.309 e. The molecule has 2 aromatic carbocycles. The summed E-state index contributed by atoms with van der Waals surface area (Å²) in [7, 11) is 2.96. The molecule has 5 nitrogen and oxygen atoms in total. The van der Waals surface area contributed by atoms with Crippen molar-refractivity contribution in [2.45, 2.75) is 13.0 Å². The van der Waals surface area contributed by atoms with E-state index in [9.17, 15) is 9.59 Å². The SMILES string of the molecule is COC(=O)Cc1ccc(Cn2c(C=Cc3cccc(OC)c3)c(Cl)cc(Cl)c2=O)cc1. The average molecular weight is 458 g/mol. The highest BCUT2D eigenvalue weighted by Crippen LogP contribution is 2.22. The zero-order valence-corrected chi connectivity index (χ0v) is 18.6. The molecule has 0 aliphatic carbocycles. The highest BCUT2D eigenvalue weighted by atomic mass is 35.5. The highest BCUT2D eigenvalue weighted by Gasteiger charge is 2.12. The van der Waals surface area contributed by atoms with E-state index >= 15 is 0 Å². The Labute approximate surface area is 190 Å². The largest absolute Gasteiger partial charge is 0.497 e. The van der Waals surface area contributed by atoms with Gasteiger partial charge in [-0.25, -0.2) is 0 Å². The van der Waals surface area contributed by atoms with Gasteiger partial charge in [-0.05, 0) is 41.0 Å². The number of hydrogen-bond acceptors (Lipinski definition) is 4. The van der Waals surface area contributed by atoms with Crippen LogP contribution >= 0.6 is 23.2 Å². The standard InChI is InChI=1S/C24H21Cl2NO4/c1-30-19-5-3-4-16(12-19)10-11-22-20(25)14-21(26)24(29)27(22)15-18-8-6-17(7-9-18)13-23(28)31-2/h3-12,14H,13,15H2,1-2H3. The number of esters is 1. The van der Waals surface area contributed by atoms with E-state index in [1.165, 1.54) is 17.7 Å². The minimum absolute atomic E-state index is 0.0471. The van der Waals surface area contributed by atoms with Crippen LogP contribution in [0.25, 0.3) is 12.2 Å². The summed E-state index contributed by atoms with van der Waals surface area (Å²) in [4.78, 5) is 24.2. The lowest BCUT2D eigenvalue weighted by Gasteiger charge is -2.13. The van der Waals surface area contributed by atoms with Crippen molar-refractivity contribution in [2.24, 2.45) is 0 Å². The summed E-state index contributed by atoms with van der Waals surface area (Å²) in [6, 6.07) is 16.4. The molecule has 0 spiro atoms. The van der Waals surface area contributed by atoms with Crippen LogP contribution in [0.1, 0.15) is 22.4 Å². The summed E-state index contributed by atoms with van der Waals surface area (Å²) < 4.78 is 11.5. The molecule has 0 aliphatic heterocycles. The average Bonchev–Trinajstić information content (AvgIpc) is 2.78. The predicted molar refractivity (Wildman–Crippen MR) is 124 cm³/mol. The first kappa shape index (κ1) is 22.7. The monoisotopic (exact) mass is 457 g/mol. The predicted octanol–water partition coefficient (Wildman–Crippen LogP) is 5.10. The minimum atomic E-state index is -0.338. The molecule has 0 N–H and O–H groups in total. The van der Waals surface area contributed by atoms with Gasteiger partial charge in [-0.3, -0.25) is 9.59 Å². The topological polar surface area (TPSA) is 57.5 Å². The number of benzene rings is 2. The number of carbonyl (C=O) groups is 1. The molecule has 7 heteroatoms. The van der Waals surface area contributed by atoms with Crippen LogP contribution < -0.4 is 10.3 Å². The fourth-order valence-electron chi connectivity index (χ4n) is 3.05. The Morgan fingerprint density at radius 2 is 1.68 bits per heavy atom. The maximum absolute atomic E-state index is 12.8. The molecule has 0 atom stereocenters. The van der Waals surface area contributed by atoms with Gasteiger partial charge in [-0.2, -0.15) is 0 Å². The molecule has 1 aromatic heterocycles. The summed E-state index contributed by atoms with van der Waals surface area (Å²) in [5.74, 6) is 0.421. The molecule has 0 saturated heterocycles. The van der Waals surface area contributed by atoms with Crippen LogP contribution in [0.4, 0.5) is 0 Å². The van der Waals surface area contributed by atoms with E-state index in [1.54, 1.807) is 13.2 Å². The number of rotatable bonds is 7.